The molecule has 0 unspecified atom stereocenters. The van der Waals surface area contributed by atoms with Crippen molar-refractivity contribution in [1.29, 1.82) is 5.26 Å². The number of rotatable bonds is 3. The number of aromatic amines is 1. The molecule has 7 nitrogen and oxygen atoms in total. The number of ketones is 1. The van der Waals surface area contributed by atoms with Gasteiger partial charge in [0, 0.05) is 36.9 Å². The number of Topliss-reactive ketones (excluding diaryl/α,β-unsaturated/α-hetero) is 1. The normalized spacial score (nSPS) is 11.5. The third kappa shape index (κ3) is 2.67. The molecule has 0 fully saturated rings. The predicted octanol–water partition coefficient (Wildman–Crippen LogP) is 1.66. The smallest absolute Gasteiger partial charge is 0.330 e. The highest BCUT2D eigenvalue weighted by molar-refractivity contribution is 6.20. The van der Waals surface area contributed by atoms with Gasteiger partial charge in [-0.2, -0.15) is 5.26 Å². The first-order chi connectivity index (χ1) is 12.3. The molecule has 0 spiro atoms. The van der Waals surface area contributed by atoms with Crippen molar-refractivity contribution >= 4 is 22.8 Å². The molecule has 130 valence electrons. The number of para-hydroxylation sites is 1. The maximum absolute atomic E-state index is 12.9. The maximum atomic E-state index is 12.9. The van der Waals surface area contributed by atoms with Crippen LogP contribution in [0.4, 0.5) is 0 Å². The maximum Gasteiger partial charge on any atom is 0.330 e. The van der Waals surface area contributed by atoms with E-state index in [1.54, 1.807) is 13.0 Å². The molecule has 0 amide bonds. The lowest BCUT2D eigenvalue weighted by atomic mass is 10.00. The van der Waals surface area contributed by atoms with Crippen molar-refractivity contribution < 1.29 is 4.79 Å². The minimum absolute atomic E-state index is 0.0944. The van der Waals surface area contributed by atoms with Crippen molar-refractivity contribution in [3.05, 3.63) is 73.7 Å². The molecule has 0 saturated heterocycles. The Kier molecular flexibility index (Phi) is 4.18. The number of H-pyrrole nitrogens is 1. The van der Waals surface area contributed by atoms with Crippen molar-refractivity contribution in [2.45, 2.75) is 6.92 Å². The van der Waals surface area contributed by atoms with Crippen molar-refractivity contribution in [1.82, 2.24) is 14.1 Å². The van der Waals surface area contributed by atoms with Gasteiger partial charge >= 0.3 is 5.69 Å². The highest BCUT2D eigenvalue weighted by Crippen LogP contribution is 2.24. The molecule has 1 aromatic carbocycles. The first-order valence-corrected chi connectivity index (χ1v) is 7.85. The standard InChI is InChI=1S/C19H16N4O3/c1-11-16(14-6-4-5-7-15(14)21-11)17(24)12(9-20)8-13-10-22(2)19(26)23(3)18(13)25/h4-8,10,21H,1-3H3/b12-8+. The van der Waals surface area contributed by atoms with Crippen LogP contribution in [0.5, 0.6) is 0 Å². The van der Waals surface area contributed by atoms with Gasteiger partial charge in [0.05, 0.1) is 11.1 Å². The summed E-state index contributed by atoms with van der Waals surface area (Å²) in [5.41, 5.74) is 0.712. The van der Waals surface area contributed by atoms with Gasteiger partial charge in [-0.15, -0.1) is 0 Å². The van der Waals surface area contributed by atoms with E-state index in [0.29, 0.717) is 16.6 Å². The van der Waals surface area contributed by atoms with E-state index in [0.717, 1.165) is 10.1 Å². The number of aryl methyl sites for hydroxylation is 2. The number of carbonyl (C=O) groups is 1. The van der Waals surface area contributed by atoms with E-state index in [-0.39, 0.29) is 11.1 Å². The largest absolute Gasteiger partial charge is 0.358 e. The Morgan fingerprint density at radius 3 is 2.62 bits per heavy atom. The number of carbonyl (C=O) groups excluding carboxylic acids is 1. The summed E-state index contributed by atoms with van der Waals surface area (Å²) in [6.07, 6.45) is 2.54. The van der Waals surface area contributed by atoms with Gasteiger partial charge in [-0.25, -0.2) is 4.79 Å². The molecule has 0 aliphatic rings. The van der Waals surface area contributed by atoms with Gasteiger partial charge in [0.15, 0.2) is 0 Å². The number of hydrogen-bond acceptors (Lipinski definition) is 4. The van der Waals surface area contributed by atoms with Crippen LogP contribution < -0.4 is 11.2 Å². The van der Waals surface area contributed by atoms with Gasteiger partial charge in [0.25, 0.3) is 5.56 Å². The number of nitriles is 1. The van der Waals surface area contributed by atoms with E-state index in [1.807, 2.05) is 24.3 Å². The molecular formula is C19H16N4O3. The molecule has 0 aliphatic heterocycles. The molecule has 0 bridgehead atoms. The second-order valence-corrected chi connectivity index (χ2v) is 6.01. The number of benzene rings is 1. The molecule has 0 radical (unpaired) electrons. The molecule has 2 heterocycles. The van der Waals surface area contributed by atoms with Crippen LogP contribution in [0.1, 0.15) is 21.6 Å². The van der Waals surface area contributed by atoms with Gasteiger partial charge < -0.3 is 9.55 Å². The second-order valence-electron chi connectivity index (χ2n) is 6.01. The number of hydrogen-bond donors (Lipinski definition) is 1. The van der Waals surface area contributed by atoms with Crippen LogP contribution >= 0.6 is 0 Å². The highest BCUT2D eigenvalue weighted by Gasteiger charge is 2.20. The molecule has 0 aliphatic carbocycles. The molecule has 3 rings (SSSR count). The van der Waals surface area contributed by atoms with Crippen LogP contribution in [-0.2, 0) is 14.1 Å². The Balaban J connectivity index is 2.19. The summed E-state index contributed by atoms with van der Waals surface area (Å²) in [5, 5.41) is 10.2. The fourth-order valence-electron chi connectivity index (χ4n) is 2.94. The number of nitrogens with zero attached hydrogens (tertiary/aromatic N) is 3. The summed E-state index contributed by atoms with van der Waals surface area (Å²) in [4.78, 5) is 40.1. The lowest BCUT2D eigenvalue weighted by molar-refractivity contribution is 0.104. The van der Waals surface area contributed by atoms with E-state index in [9.17, 15) is 19.6 Å². The second kappa shape index (κ2) is 6.33. The lowest BCUT2D eigenvalue weighted by Crippen LogP contribution is -2.37. The molecule has 26 heavy (non-hydrogen) atoms. The predicted molar refractivity (Wildman–Crippen MR) is 97.9 cm³/mol. The van der Waals surface area contributed by atoms with Gasteiger partial charge in [-0.1, -0.05) is 18.2 Å². The third-order valence-electron chi connectivity index (χ3n) is 4.26. The fourth-order valence-corrected chi connectivity index (χ4v) is 2.94. The summed E-state index contributed by atoms with van der Waals surface area (Å²) >= 11 is 0. The van der Waals surface area contributed by atoms with E-state index >= 15 is 0 Å². The first kappa shape index (κ1) is 17.2. The summed E-state index contributed by atoms with van der Waals surface area (Å²) in [6.45, 7) is 1.76. The monoisotopic (exact) mass is 348 g/mol. The third-order valence-corrected chi connectivity index (χ3v) is 4.26. The van der Waals surface area contributed by atoms with Crippen molar-refractivity contribution in [3.8, 4) is 6.07 Å². The summed E-state index contributed by atoms with van der Waals surface area (Å²) in [7, 11) is 2.84. The number of nitrogens with one attached hydrogen (secondary N) is 1. The summed E-state index contributed by atoms with van der Waals surface area (Å²) < 4.78 is 2.16. The topological polar surface area (TPSA) is 101 Å². The number of allylic oxidation sites excluding steroid dienone is 1. The highest BCUT2D eigenvalue weighted by atomic mass is 16.2. The minimum Gasteiger partial charge on any atom is -0.358 e. The van der Waals surface area contributed by atoms with E-state index in [1.165, 1.54) is 30.9 Å². The van der Waals surface area contributed by atoms with Crippen molar-refractivity contribution in [3.63, 3.8) is 0 Å². The average molecular weight is 348 g/mol. The number of aromatic nitrogens is 3. The van der Waals surface area contributed by atoms with E-state index < -0.39 is 17.0 Å². The molecule has 0 atom stereocenters. The zero-order chi connectivity index (χ0) is 19.0. The van der Waals surface area contributed by atoms with Crippen molar-refractivity contribution in [2.75, 3.05) is 0 Å². The molecule has 3 aromatic rings. The number of fused-ring (bicyclic) bond motifs is 1. The lowest BCUT2D eigenvalue weighted by Gasteiger charge is -2.04. The molecule has 2 aromatic heterocycles. The minimum atomic E-state index is -0.565. The van der Waals surface area contributed by atoms with E-state index in [2.05, 4.69) is 4.98 Å². The van der Waals surface area contributed by atoms with Gasteiger partial charge in [-0.3, -0.25) is 14.2 Å². The fraction of sp³-hybridized carbons (Fsp3) is 0.158. The van der Waals surface area contributed by atoms with E-state index in [4.69, 9.17) is 0 Å². The Morgan fingerprint density at radius 1 is 1.23 bits per heavy atom. The average Bonchev–Trinajstić information content (AvgIpc) is 2.97. The van der Waals surface area contributed by atoms with Crippen LogP contribution in [0.3, 0.4) is 0 Å². The summed E-state index contributed by atoms with van der Waals surface area (Å²) in [5.74, 6) is -0.474. The summed E-state index contributed by atoms with van der Waals surface area (Å²) in [6, 6.07) is 9.18. The SMILES string of the molecule is Cc1[nH]c2ccccc2c1C(=O)/C(C#N)=C/c1cn(C)c(=O)n(C)c1=O. The Hall–Kier alpha value is -3.66. The molecule has 0 saturated carbocycles. The van der Waals surface area contributed by atoms with Crippen LogP contribution in [0.2, 0.25) is 0 Å². The Bertz CT molecular complexity index is 1230. The zero-order valence-corrected chi connectivity index (χ0v) is 14.5. The molecule has 1 N–H and O–H groups in total. The molecular weight excluding hydrogens is 332 g/mol. The van der Waals surface area contributed by atoms with Gasteiger partial charge in [-0.05, 0) is 19.1 Å². The zero-order valence-electron chi connectivity index (χ0n) is 14.5. The van der Waals surface area contributed by atoms with Crippen molar-refractivity contribution in [2.24, 2.45) is 14.1 Å². The Labute approximate surface area is 148 Å². The quantitative estimate of drug-likeness (QED) is 0.442. The van der Waals surface area contributed by atoms with Crippen LogP contribution in [-0.4, -0.2) is 19.9 Å². The van der Waals surface area contributed by atoms with Gasteiger partial charge in [0.1, 0.15) is 11.6 Å². The van der Waals surface area contributed by atoms with Gasteiger partial charge in [0.2, 0.25) is 5.78 Å². The Morgan fingerprint density at radius 2 is 1.92 bits per heavy atom. The molecule has 7 heteroatoms. The van der Waals surface area contributed by atoms with Crippen LogP contribution in [0.25, 0.3) is 17.0 Å². The van der Waals surface area contributed by atoms with Crippen LogP contribution in [0, 0.1) is 18.3 Å². The van der Waals surface area contributed by atoms with Crippen LogP contribution in [0.15, 0.2) is 45.6 Å². The first-order valence-electron chi connectivity index (χ1n) is 7.85.